The number of hydrogen-bond acceptors (Lipinski definition) is 5. The van der Waals surface area contributed by atoms with Crippen LogP contribution in [-0.2, 0) is 4.79 Å². The van der Waals surface area contributed by atoms with E-state index in [1.54, 1.807) is 0 Å². The predicted octanol–water partition coefficient (Wildman–Crippen LogP) is 4.18. The number of ether oxygens (including phenoxy) is 2. The molecule has 29 heavy (non-hydrogen) atoms. The number of likely N-dealkylation sites (tertiary alicyclic amines) is 1. The zero-order chi connectivity index (χ0) is 19.6. The quantitative estimate of drug-likeness (QED) is 0.655. The lowest BCUT2D eigenvalue weighted by Crippen LogP contribution is -2.32. The van der Waals surface area contributed by atoms with Crippen molar-refractivity contribution < 1.29 is 14.3 Å². The number of fused-ring (bicyclic) bond motifs is 2. The first-order valence-electron chi connectivity index (χ1n) is 10.0. The van der Waals surface area contributed by atoms with Crippen molar-refractivity contribution in [2.75, 3.05) is 25.5 Å². The first-order valence-corrected chi connectivity index (χ1v) is 11.0. The summed E-state index contributed by atoms with van der Waals surface area (Å²) in [6.45, 7) is 2.13. The Hall–Kier alpha value is -2.67. The van der Waals surface area contributed by atoms with Gasteiger partial charge < -0.3 is 19.4 Å². The van der Waals surface area contributed by atoms with Gasteiger partial charge in [-0.1, -0.05) is 30.0 Å². The van der Waals surface area contributed by atoms with E-state index in [0.717, 1.165) is 59.1 Å². The van der Waals surface area contributed by atoms with Gasteiger partial charge in [0.1, 0.15) is 0 Å². The second-order valence-electron chi connectivity index (χ2n) is 7.35. The standard InChI is InChI=1S/C22H23N3O3S/c26-21(14-29-22-23-16-5-1-2-6-17(16)24-22)25-10-3-7-18(25)15-8-9-19-20(13-15)28-12-4-11-27-19/h1-2,5-6,8-9,13,18H,3-4,7,10-12,14H2,(H,23,24)/t18-/m1/s1. The Bertz CT molecular complexity index is 1000. The van der Waals surface area contributed by atoms with Crippen LogP contribution < -0.4 is 9.47 Å². The van der Waals surface area contributed by atoms with Crippen LogP contribution in [0.1, 0.15) is 30.9 Å². The van der Waals surface area contributed by atoms with Crippen molar-refractivity contribution in [1.29, 1.82) is 0 Å². The van der Waals surface area contributed by atoms with Gasteiger partial charge in [0.2, 0.25) is 5.91 Å². The number of carbonyl (C=O) groups excluding carboxylic acids is 1. The number of imidazole rings is 1. The van der Waals surface area contributed by atoms with Gasteiger partial charge >= 0.3 is 0 Å². The third kappa shape index (κ3) is 3.79. The smallest absolute Gasteiger partial charge is 0.233 e. The van der Waals surface area contributed by atoms with Gasteiger partial charge in [0.15, 0.2) is 16.7 Å². The topological polar surface area (TPSA) is 67.5 Å². The molecule has 0 bridgehead atoms. The summed E-state index contributed by atoms with van der Waals surface area (Å²) in [5.41, 5.74) is 3.04. The van der Waals surface area contributed by atoms with Crippen LogP contribution in [0.3, 0.4) is 0 Å². The van der Waals surface area contributed by atoms with E-state index in [9.17, 15) is 4.79 Å². The van der Waals surface area contributed by atoms with Crippen molar-refractivity contribution in [2.45, 2.75) is 30.5 Å². The van der Waals surface area contributed by atoms with Crippen LogP contribution in [0, 0.1) is 0 Å². The van der Waals surface area contributed by atoms with Gasteiger partial charge in [0.05, 0.1) is 36.0 Å². The Labute approximate surface area is 173 Å². The molecule has 2 aliphatic rings. The van der Waals surface area contributed by atoms with E-state index >= 15 is 0 Å². The minimum atomic E-state index is 0.0935. The highest BCUT2D eigenvalue weighted by atomic mass is 32.2. The van der Waals surface area contributed by atoms with E-state index < -0.39 is 0 Å². The number of hydrogen-bond donors (Lipinski definition) is 1. The molecule has 2 aliphatic heterocycles. The maximum absolute atomic E-state index is 13.0. The number of benzene rings is 2. The van der Waals surface area contributed by atoms with Gasteiger partial charge in [0.25, 0.3) is 0 Å². The summed E-state index contributed by atoms with van der Waals surface area (Å²) >= 11 is 1.46. The second-order valence-corrected chi connectivity index (χ2v) is 8.31. The Kier molecular flexibility index (Phi) is 5.06. The number of carbonyl (C=O) groups is 1. The highest BCUT2D eigenvalue weighted by molar-refractivity contribution is 7.99. The highest BCUT2D eigenvalue weighted by Crippen LogP contribution is 2.38. The number of amides is 1. The maximum atomic E-state index is 13.0. The summed E-state index contributed by atoms with van der Waals surface area (Å²) in [4.78, 5) is 22.8. The van der Waals surface area contributed by atoms with Gasteiger partial charge in [-0.2, -0.15) is 0 Å². The largest absolute Gasteiger partial charge is 0.490 e. The molecule has 1 fully saturated rings. The van der Waals surface area contributed by atoms with E-state index in [4.69, 9.17) is 9.47 Å². The molecule has 6 nitrogen and oxygen atoms in total. The fourth-order valence-corrected chi connectivity index (χ4v) is 4.78. The Morgan fingerprint density at radius 3 is 2.90 bits per heavy atom. The molecule has 3 aromatic rings. The van der Waals surface area contributed by atoms with Gasteiger partial charge in [-0.25, -0.2) is 4.98 Å². The molecule has 1 atom stereocenters. The molecule has 0 spiro atoms. The van der Waals surface area contributed by atoms with E-state index in [2.05, 4.69) is 16.0 Å². The fraction of sp³-hybridized carbons (Fsp3) is 0.364. The van der Waals surface area contributed by atoms with Crippen LogP contribution in [0.15, 0.2) is 47.6 Å². The maximum Gasteiger partial charge on any atom is 0.233 e. The number of nitrogens with zero attached hydrogens (tertiary/aromatic N) is 2. The van der Waals surface area contributed by atoms with Crippen molar-refractivity contribution >= 4 is 28.7 Å². The first-order chi connectivity index (χ1) is 14.3. The lowest BCUT2D eigenvalue weighted by Gasteiger charge is -2.25. The molecule has 1 N–H and O–H groups in total. The third-order valence-electron chi connectivity index (χ3n) is 5.43. The average molecular weight is 410 g/mol. The summed E-state index contributed by atoms with van der Waals surface area (Å²) in [6, 6.07) is 14.1. The van der Waals surface area contributed by atoms with Gasteiger partial charge in [-0.05, 0) is 42.7 Å². The predicted molar refractivity (Wildman–Crippen MR) is 113 cm³/mol. The number of aromatic nitrogens is 2. The third-order valence-corrected chi connectivity index (χ3v) is 6.29. The van der Waals surface area contributed by atoms with Crippen molar-refractivity contribution in [3.8, 4) is 11.5 Å². The highest BCUT2D eigenvalue weighted by Gasteiger charge is 2.30. The molecule has 0 unspecified atom stereocenters. The molecule has 0 saturated carbocycles. The van der Waals surface area contributed by atoms with Crippen LogP contribution in [0.25, 0.3) is 11.0 Å². The summed E-state index contributed by atoms with van der Waals surface area (Å²) in [6.07, 6.45) is 2.87. The molecule has 1 saturated heterocycles. The Morgan fingerprint density at radius 2 is 2.00 bits per heavy atom. The summed E-state index contributed by atoms with van der Waals surface area (Å²) < 4.78 is 11.6. The van der Waals surface area contributed by atoms with E-state index in [0.29, 0.717) is 19.0 Å². The number of rotatable bonds is 4. The van der Waals surface area contributed by atoms with Gasteiger partial charge in [-0.15, -0.1) is 0 Å². The molecule has 0 aliphatic carbocycles. The zero-order valence-corrected chi connectivity index (χ0v) is 16.9. The van der Waals surface area contributed by atoms with Gasteiger partial charge in [0, 0.05) is 13.0 Å². The molecule has 7 heteroatoms. The molecular formula is C22H23N3O3S. The van der Waals surface area contributed by atoms with Crippen molar-refractivity contribution in [3.63, 3.8) is 0 Å². The Balaban J connectivity index is 1.28. The van der Waals surface area contributed by atoms with Crippen LogP contribution in [0.2, 0.25) is 0 Å². The molecule has 2 aromatic carbocycles. The lowest BCUT2D eigenvalue weighted by molar-refractivity contribution is -0.129. The Morgan fingerprint density at radius 1 is 1.14 bits per heavy atom. The average Bonchev–Trinajstić information content (AvgIpc) is 3.33. The fourth-order valence-electron chi connectivity index (χ4n) is 4.01. The molecule has 1 aromatic heterocycles. The number of thioether (sulfide) groups is 1. The minimum Gasteiger partial charge on any atom is -0.490 e. The van der Waals surface area contributed by atoms with E-state index in [-0.39, 0.29) is 11.9 Å². The van der Waals surface area contributed by atoms with Gasteiger partial charge in [-0.3, -0.25) is 4.79 Å². The van der Waals surface area contributed by atoms with Crippen molar-refractivity contribution in [1.82, 2.24) is 14.9 Å². The number of H-pyrrole nitrogens is 1. The molecule has 1 amide bonds. The number of aromatic amines is 1. The van der Waals surface area contributed by atoms with Crippen LogP contribution in [0.5, 0.6) is 11.5 Å². The van der Waals surface area contributed by atoms with Crippen LogP contribution >= 0.6 is 11.8 Å². The summed E-state index contributed by atoms with van der Waals surface area (Å²) in [5.74, 6) is 2.10. The van der Waals surface area contributed by atoms with E-state index in [1.807, 2.05) is 41.3 Å². The molecule has 0 radical (unpaired) electrons. The molecule has 150 valence electrons. The molecule has 5 rings (SSSR count). The number of nitrogens with one attached hydrogen (secondary N) is 1. The lowest BCUT2D eigenvalue weighted by atomic mass is 10.0. The normalized spacial score (nSPS) is 18.8. The van der Waals surface area contributed by atoms with Crippen LogP contribution in [-0.4, -0.2) is 46.3 Å². The minimum absolute atomic E-state index is 0.0935. The summed E-state index contributed by atoms with van der Waals surface area (Å²) in [5, 5.41) is 0.783. The van der Waals surface area contributed by atoms with Crippen LogP contribution in [0.4, 0.5) is 0 Å². The van der Waals surface area contributed by atoms with Crippen molar-refractivity contribution in [3.05, 3.63) is 48.0 Å². The molecule has 3 heterocycles. The van der Waals surface area contributed by atoms with E-state index in [1.165, 1.54) is 11.8 Å². The van der Waals surface area contributed by atoms with Crippen molar-refractivity contribution in [2.24, 2.45) is 0 Å². The first kappa shape index (κ1) is 18.4. The SMILES string of the molecule is O=C(CSc1nc2ccccc2[nH]1)N1CCC[C@@H]1c1ccc2c(c1)OCCCO2. The zero-order valence-electron chi connectivity index (χ0n) is 16.1. The second kappa shape index (κ2) is 7.99. The summed E-state index contributed by atoms with van der Waals surface area (Å²) in [7, 11) is 0. The molecular weight excluding hydrogens is 386 g/mol. The number of para-hydroxylation sites is 2. The monoisotopic (exact) mass is 409 g/mol.